The van der Waals surface area contributed by atoms with Crippen LogP contribution in [-0.2, 0) is 0 Å². The van der Waals surface area contributed by atoms with Crippen molar-refractivity contribution >= 4 is 27.5 Å². The fourth-order valence-corrected chi connectivity index (χ4v) is 2.09. The normalized spacial score (nSPS) is 10.5. The molecule has 1 N–H and O–H groups in total. The highest BCUT2D eigenvalue weighted by molar-refractivity contribution is 9.10. The molecule has 0 aliphatic rings. The van der Waals surface area contributed by atoms with Crippen molar-refractivity contribution in [3.63, 3.8) is 0 Å². The second-order valence-corrected chi connectivity index (χ2v) is 5.68. The molecule has 0 fully saturated rings. The molecule has 0 aliphatic carbocycles. The topological polar surface area (TPSA) is 38.3 Å². The molecule has 3 nitrogen and oxygen atoms in total. The molecule has 2 rings (SSSR count). The van der Waals surface area contributed by atoms with Crippen molar-refractivity contribution in [3.05, 3.63) is 58.3 Å². The summed E-state index contributed by atoms with van der Waals surface area (Å²) in [5.41, 5.74) is 0.583. The van der Waals surface area contributed by atoms with E-state index in [4.69, 9.17) is 4.74 Å². The summed E-state index contributed by atoms with van der Waals surface area (Å²) >= 11 is 3.15. The van der Waals surface area contributed by atoms with Gasteiger partial charge in [0.25, 0.3) is 5.91 Å². The van der Waals surface area contributed by atoms with E-state index < -0.39 is 11.7 Å². The summed E-state index contributed by atoms with van der Waals surface area (Å²) in [7, 11) is 0. The second kappa shape index (κ2) is 6.72. The Bertz CT molecular complexity index is 641. The summed E-state index contributed by atoms with van der Waals surface area (Å²) in [6.45, 7) is 3.87. The van der Waals surface area contributed by atoms with Gasteiger partial charge in [-0.05, 0) is 56.3 Å². The minimum absolute atomic E-state index is 0.000655. The van der Waals surface area contributed by atoms with Crippen LogP contribution in [0.2, 0.25) is 0 Å². The summed E-state index contributed by atoms with van der Waals surface area (Å²) in [4.78, 5) is 12.0. The molecule has 0 radical (unpaired) electrons. The summed E-state index contributed by atoms with van der Waals surface area (Å²) in [5, 5.41) is 2.65. The summed E-state index contributed by atoms with van der Waals surface area (Å²) < 4.78 is 19.8. The molecule has 1 amide bonds. The first-order valence-electron chi connectivity index (χ1n) is 6.49. The van der Waals surface area contributed by atoms with Crippen LogP contribution in [0.25, 0.3) is 0 Å². The van der Waals surface area contributed by atoms with Gasteiger partial charge in [-0.2, -0.15) is 0 Å². The number of ether oxygens (including phenoxy) is 1. The Kier molecular flexibility index (Phi) is 4.96. The molecule has 0 unspecified atom stereocenters. The number of anilines is 1. The predicted molar refractivity (Wildman–Crippen MR) is 84.3 cm³/mol. The van der Waals surface area contributed by atoms with E-state index in [0.717, 1.165) is 5.75 Å². The molecule has 110 valence electrons. The Morgan fingerprint density at radius 3 is 2.43 bits per heavy atom. The van der Waals surface area contributed by atoms with E-state index in [-0.39, 0.29) is 11.7 Å². The van der Waals surface area contributed by atoms with Gasteiger partial charge in [-0.1, -0.05) is 15.9 Å². The molecule has 2 aromatic carbocycles. The van der Waals surface area contributed by atoms with Gasteiger partial charge in [0.1, 0.15) is 11.6 Å². The van der Waals surface area contributed by atoms with E-state index >= 15 is 0 Å². The second-order valence-electron chi connectivity index (χ2n) is 4.77. The fourth-order valence-electron chi connectivity index (χ4n) is 1.76. The standard InChI is InChI=1S/C16H15BrFNO2/c1-10(2)21-13-6-4-12(5-7-13)19-16(20)14-8-3-11(17)9-15(14)18/h3-10H,1-2H3,(H,19,20). The van der Waals surface area contributed by atoms with Crippen LogP contribution in [0.4, 0.5) is 10.1 Å². The molecule has 21 heavy (non-hydrogen) atoms. The minimum Gasteiger partial charge on any atom is -0.491 e. The van der Waals surface area contributed by atoms with Gasteiger partial charge in [-0.15, -0.1) is 0 Å². The highest BCUT2D eigenvalue weighted by Crippen LogP contribution is 2.19. The number of amides is 1. The highest BCUT2D eigenvalue weighted by atomic mass is 79.9. The number of rotatable bonds is 4. The first kappa shape index (κ1) is 15.5. The van der Waals surface area contributed by atoms with E-state index in [9.17, 15) is 9.18 Å². The van der Waals surface area contributed by atoms with E-state index in [0.29, 0.717) is 10.2 Å². The molecule has 0 spiro atoms. The molecule has 0 saturated carbocycles. The van der Waals surface area contributed by atoms with Gasteiger partial charge < -0.3 is 10.1 Å². The lowest BCUT2D eigenvalue weighted by Gasteiger charge is -2.11. The number of carbonyl (C=O) groups excluding carboxylic acids is 1. The van der Waals surface area contributed by atoms with Crippen molar-refractivity contribution in [1.82, 2.24) is 0 Å². The van der Waals surface area contributed by atoms with E-state index in [1.54, 1.807) is 30.3 Å². The van der Waals surface area contributed by atoms with Gasteiger partial charge in [0.15, 0.2) is 0 Å². The van der Waals surface area contributed by atoms with Crippen molar-refractivity contribution in [2.75, 3.05) is 5.32 Å². The van der Waals surface area contributed by atoms with Crippen molar-refractivity contribution in [2.45, 2.75) is 20.0 Å². The zero-order valence-electron chi connectivity index (χ0n) is 11.7. The van der Waals surface area contributed by atoms with Gasteiger partial charge in [0.05, 0.1) is 11.7 Å². The first-order valence-corrected chi connectivity index (χ1v) is 7.28. The molecular formula is C16H15BrFNO2. The molecule has 5 heteroatoms. The zero-order valence-corrected chi connectivity index (χ0v) is 13.3. The monoisotopic (exact) mass is 351 g/mol. The predicted octanol–water partition coefficient (Wildman–Crippen LogP) is 4.63. The Morgan fingerprint density at radius 2 is 1.86 bits per heavy atom. The van der Waals surface area contributed by atoms with Crippen molar-refractivity contribution in [2.24, 2.45) is 0 Å². The number of benzene rings is 2. The minimum atomic E-state index is -0.568. The zero-order chi connectivity index (χ0) is 15.4. The maximum atomic E-state index is 13.7. The number of nitrogens with one attached hydrogen (secondary N) is 1. The van der Waals surface area contributed by atoms with Crippen LogP contribution in [0.3, 0.4) is 0 Å². The molecule has 0 aliphatic heterocycles. The van der Waals surface area contributed by atoms with Gasteiger partial charge >= 0.3 is 0 Å². The smallest absolute Gasteiger partial charge is 0.258 e. The molecular weight excluding hydrogens is 337 g/mol. The maximum absolute atomic E-state index is 13.7. The van der Waals surface area contributed by atoms with E-state index in [2.05, 4.69) is 21.2 Å². The van der Waals surface area contributed by atoms with Gasteiger partial charge in [-0.25, -0.2) is 4.39 Å². The Hall–Kier alpha value is -1.88. The lowest BCUT2D eigenvalue weighted by Crippen LogP contribution is -2.13. The van der Waals surface area contributed by atoms with Crippen LogP contribution in [-0.4, -0.2) is 12.0 Å². The highest BCUT2D eigenvalue weighted by Gasteiger charge is 2.12. The van der Waals surface area contributed by atoms with Crippen molar-refractivity contribution < 1.29 is 13.9 Å². The van der Waals surface area contributed by atoms with Crippen LogP contribution in [0, 0.1) is 5.82 Å². The molecule has 0 bridgehead atoms. The lowest BCUT2D eigenvalue weighted by atomic mass is 10.2. The van der Waals surface area contributed by atoms with Crippen LogP contribution in [0.15, 0.2) is 46.9 Å². The lowest BCUT2D eigenvalue weighted by molar-refractivity contribution is 0.102. The Balaban J connectivity index is 2.08. The number of hydrogen-bond acceptors (Lipinski definition) is 2. The third kappa shape index (κ3) is 4.29. The maximum Gasteiger partial charge on any atom is 0.258 e. The first-order chi connectivity index (χ1) is 9.95. The summed E-state index contributed by atoms with van der Waals surface area (Å²) in [6, 6.07) is 11.3. The third-order valence-corrected chi connectivity index (χ3v) is 3.15. The van der Waals surface area contributed by atoms with Crippen molar-refractivity contribution in [3.8, 4) is 5.75 Å². The summed E-state index contributed by atoms with van der Waals surface area (Å²) in [5.74, 6) is -0.336. The molecule has 2 aromatic rings. The van der Waals surface area contributed by atoms with Crippen LogP contribution >= 0.6 is 15.9 Å². The van der Waals surface area contributed by atoms with Gasteiger partial charge in [-0.3, -0.25) is 4.79 Å². The quantitative estimate of drug-likeness (QED) is 0.872. The Labute approximate surface area is 131 Å². The van der Waals surface area contributed by atoms with Crippen LogP contribution in [0.1, 0.15) is 24.2 Å². The van der Waals surface area contributed by atoms with Gasteiger partial charge in [0.2, 0.25) is 0 Å². The average Bonchev–Trinajstić information content (AvgIpc) is 2.40. The SMILES string of the molecule is CC(C)Oc1ccc(NC(=O)c2ccc(Br)cc2F)cc1. The molecule has 0 saturated heterocycles. The van der Waals surface area contributed by atoms with E-state index in [1.807, 2.05) is 13.8 Å². The number of carbonyl (C=O) groups is 1. The van der Waals surface area contributed by atoms with Gasteiger partial charge in [0, 0.05) is 10.2 Å². The molecule has 0 atom stereocenters. The molecule has 0 aromatic heterocycles. The number of hydrogen-bond donors (Lipinski definition) is 1. The van der Waals surface area contributed by atoms with Crippen molar-refractivity contribution in [1.29, 1.82) is 0 Å². The number of halogens is 2. The third-order valence-electron chi connectivity index (χ3n) is 2.66. The average molecular weight is 352 g/mol. The fraction of sp³-hybridized carbons (Fsp3) is 0.188. The van der Waals surface area contributed by atoms with E-state index in [1.165, 1.54) is 12.1 Å². The Morgan fingerprint density at radius 1 is 1.19 bits per heavy atom. The largest absolute Gasteiger partial charge is 0.491 e. The summed E-state index contributed by atoms with van der Waals surface area (Å²) in [6.07, 6.45) is 0.0855. The van der Waals surface area contributed by atoms with Crippen LogP contribution < -0.4 is 10.1 Å². The molecule has 0 heterocycles. The van der Waals surface area contributed by atoms with Crippen LogP contribution in [0.5, 0.6) is 5.75 Å².